The van der Waals surface area contributed by atoms with E-state index in [9.17, 15) is 4.79 Å². The molecule has 6 nitrogen and oxygen atoms in total. The van der Waals surface area contributed by atoms with Gasteiger partial charge in [0.25, 0.3) is 5.91 Å². The summed E-state index contributed by atoms with van der Waals surface area (Å²) in [4.78, 5) is 26.3. The Balaban J connectivity index is 1.33. The fourth-order valence-electron chi connectivity index (χ4n) is 4.38. The fourth-order valence-corrected chi connectivity index (χ4v) is 4.38. The van der Waals surface area contributed by atoms with Crippen LogP contribution in [0.5, 0.6) is 0 Å². The van der Waals surface area contributed by atoms with Crippen LogP contribution in [0.1, 0.15) is 40.0 Å². The van der Waals surface area contributed by atoms with Crippen molar-refractivity contribution >= 4 is 17.3 Å². The Morgan fingerprint density at radius 3 is 2.70 bits per heavy atom. The number of rotatable bonds is 4. The van der Waals surface area contributed by atoms with E-state index in [0.717, 1.165) is 55.0 Å². The van der Waals surface area contributed by atoms with Crippen LogP contribution in [0.3, 0.4) is 0 Å². The molecule has 30 heavy (non-hydrogen) atoms. The van der Waals surface area contributed by atoms with Crippen molar-refractivity contribution in [2.75, 3.05) is 31.6 Å². The Morgan fingerprint density at radius 1 is 1.13 bits per heavy atom. The maximum Gasteiger partial charge on any atom is 0.254 e. The molecular weight excluding hydrogens is 376 g/mol. The second kappa shape index (κ2) is 8.03. The van der Waals surface area contributed by atoms with Crippen molar-refractivity contribution in [3.63, 3.8) is 0 Å². The number of anilines is 1. The second-order valence-electron chi connectivity index (χ2n) is 8.10. The third-order valence-corrected chi connectivity index (χ3v) is 6.26. The number of hydrogen-bond donors (Lipinski definition) is 0. The lowest BCUT2D eigenvalue weighted by Crippen LogP contribution is -2.53. The van der Waals surface area contributed by atoms with Gasteiger partial charge in [0, 0.05) is 44.3 Å². The zero-order valence-electron chi connectivity index (χ0n) is 17.3. The first-order valence-corrected chi connectivity index (χ1v) is 10.6. The van der Waals surface area contributed by atoms with E-state index >= 15 is 0 Å². The number of methoxy groups -OCH3 is 1. The summed E-state index contributed by atoms with van der Waals surface area (Å²) in [6, 6.07) is 8.03. The minimum atomic E-state index is 0.0675. The van der Waals surface area contributed by atoms with E-state index in [1.807, 2.05) is 17.0 Å². The number of amides is 1. The Bertz CT molecular complexity index is 1010. The number of fused-ring (bicyclic) bond motifs is 1. The molecule has 1 fully saturated rings. The van der Waals surface area contributed by atoms with Crippen LogP contribution in [0.2, 0.25) is 0 Å². The van der Waals surface area contributed by atoms with Gasteiger partial charge >= 0.3 is 0 Å². The molecule has 0 saturated carbocycles. The third-order valence-electron chi connectivity index (χ3n) is 6.26. The molecule has 1 aromatic heterocycles. The summed E-state index contributed by atoms with van der Waals surface area (Å²) in [7, 11) is 1.74. The molecule has 1 amide bonds. The van der Waals surface area contributed by atoms with E-state index < -0.39 is 0 Å². The van der Waals surface area contributed by atoms with Crippen molar-refractivity contribution in [3.8, 4) is 0 Å². The summed E-state index contributed by atoms with van der Waals surface area (Å²) in [5.74, 6) is 1.01. The van der Waals surface area contributed by atoms with Gasteiger partial charge in [-0.1, -0.05) is 30.4 Å². The van der Waals surface area contributed by atoms with Crippen LogP contribution in [0.4, 0.5) is 5.82 Å². The molecule has 154 valence electrons. The number of allylic oxidation sites excluding steroid dienone is 4. The van der Waals surface area contributed by atoms with E-state index in [4.69, 9.17) is 4.74 Å². The summed E-state index contributed by atoms with van der Waals surface area (Å²) < 4.78 is 5.40. The molecule has 0 spiro atoms. The van der Waals surface area contributed by atoms with Gasteiger partial charge < -0.3 is 14.5 Å². The van der Waals surface area contributed by atoms with Crippen molar-refractivity contribution < 1.29 is 9.53 Å². The zero-order chi connectivity index (χ0) is 20.5. The number of carbonyl (C=O) groups is 1. The quantitative estimate of drug-likeness (QED) is 0.786. The summed E-state index contributed by atoms with van der Waals surface area (Å²) in [5.41, 5.74) is 5.38. The molecular formula is C24H26N4O2. The standard InChI is InChI=1S/C24H26N4O2/c1-30-20-13-28(14-20)23-21-15-27(12-11-22(21)25-16-26-23)24(29)19-9-7-18(8-10-19)17-5-3-2-4-6-17/h2-3,5,7-10,16,20H,4,6,11-15H2,1H3. The highest BCUT2D eigenvalue weighted by Crippen LogP contribution is 2.30. The van der Waals surface area contributed by atoms with E-state index in [1.165, 1.54) is 11.1 Å². The summed E-state index contributed by atoms with van der Waals surface area (Å²) in [5, 5.41) is 0. The SMILES string of the molecule is COC1CN(c2ncnc3c2CN(C(=O)c2ccc(C4=CC=CCC4)cc2)CC3)C1. The Morgan fingerprint density at radius 2 is 1.97 bits per heavy atom. The van der Waals surface area contributed by atoms with Crippen molar-refractivity contribution in [1.82, 2.24) is 14.9 Å². The predicted molar refractivity (Wildman–Crippen MR) is 116 cm³/mol. The number of ether oxygens (including phenoxy) is 1. The van der Waals surface area contributed by atoms with Crippen LogP contribution in [0.15, 0.2) is 48.8 Å². The Hall–Kier alpha value is -2.99. The van der Waals surface area contributed by atoms with Crippen LogP contribution in [-0.2, 0) is 17.7 Å². The molecule has 0 bridgehead atoms. The van der Waals surface area contributed by atoms with Crippen molar-refractivity contribution in [2.24, 2.45) is 0 Å². The molecule has 3 aliphatic rings. The monoisotopic (exact) mass is 402 g/mol. The summed E-state index contributed by atoms with van der Waals surface area (Å²) in [6.07, 6.45) is 11.2. The van der Waals surface area contributed by atoms with Gasteiger partial charge in [-0.15, -0.1) is 0 Å². The van der Waals surface area contributed by atoms with Gasteiger partial charge in [0.05, 0.1) is 18.3 Å². The molecule has 1 aliphatic carbocycles. The molecule has 5 rings (SSSR count). The van der Waals surface area contributed by atoms with E-state index in [1.54, 1.807) is 13.4 Å². The van der Waals surface area contributed by atoms with Gasteiger partial charge in [-0.25, -0.2) is 9.97 Å². The van der Waals surface area contributed by atoms with E-state index in [2.05, 4.69) is 45.2 Å². The summed E-state index contributed by atoms with van der Waals surface area (Å²) >= 11 is 0. The summed E-state index contributed by atoms with van der Waals surface area (Å²) in [6.45, 7) is 2.90. The lowest BCUT2D eigenvalue weighted by molar-refractivity contribution is 0.0724. The molecule has 2 aliphatic heterocycles. The van der Waals surface area contributed by atoms with Crippen LogP contribution < -0.4 is 4.90 Å². The van der Waals surface area contributed by atoms with Crippen molar-refractivity contribution in [3.05, 3.63) is 71.2 Å². The highest BCUT2D eigenvalue weighted by molar-refractivity contribution is 5.94. The molecule has 6 heteroatoms. The van der Waals surface area contributed by atoms with Gasteiger partial charge in [0.1, 0.15) is 12.1 Å². The van der Waals surface area contributed by atoms with Gasteiger partial charge in [-0.05, 0) is 36.1 Å². The van der Waals surface area contributed by atoms with Crippen molar-refractivity contribution in [2.45, 2.75) is 31.9 Å². The minimum Gasteiger partial charge on any atom is -0.378 e. The lowest BCUT2D eigenvalue weighted by Gasteiger charge is -2.41. The van der Waals surface area contributed by atoms with Gasteiger partial charge in [-0.2, -0.15) is 0 Å². The maximum atomic E-state index is 13.2. The maximum absolute atomic E-state index is 13.2. The smallest absolute Gasteiger partial charge is 0.254 e. The average Bonchev–Trinajstić information content (AvgIpc) is 2.78. The highest BCUT2D eigenvalue weighted by Gasteiger charge is 2.32. The molecule has 0 N–H and O–H groups in total. The largest absolute Gasteiger partial charge is 0.378 e. The number of benzene rings is 1. The molecule has 0 unspecified atom stereocenters. The normalized spacial score (nSPS) is 18.6. The second-order valence-corrected chi connectivity index (χ2v) is 8.10. The number of hydrogen-bond acceptors (Lipinski definition) is 5. The third kappa shape index (κ3) is 3.52. The van der Waals surface area contributed by atoms with Crippen LogP contribution >= 0.6 is 0 Å². The predicted octanol–water partition coefficient (Wildman–Crippen LogP) is 3.24. The lowest BCUT2D eigenvalue weighted by atomic mass is 9.96. The number of aromatic nitrogens is 2. The van der Waals surface area contributed by atoms with E-state index in [0.29, 0.717) is 13.1 Å². The van der Waals surface area contributed by atoms with Gasteiger partial charge in [0.15, 0.2) is 0 Å². The van der Waals surface area contributed by atoms with E-state index in [-0.39, 0.29) is 12.0 Å². The highest BCUT2D eigenvalue weighted by atomic mass is 16.5. The van der Waals surface area contributed by atoms with Crippen LogP contribution in [-0.4, -0.2) is 53.6 Å². The molecule has 3 heterocycles. The van der Waals surface area contributed by atoms with Gasteiger partial charge in [-0.3, -0.25) is 4.79 Å². The molecule has 2 aromatic rings. The van der Waals surface area contributed by atoms with Gasteiger partial charge in [0.2, 0.25) is 0 Å². The number of carbonyl (C=O) groups excluding carboxylic acids is 1. The number of nitrogens with zero attached hydrogens (tertiary/aromatic N) is 4. The molecule has 0 radical (unpaired) electrons. The van der Waals surface area contributed by atoms with Crippen LogP contribution in [0.25, 0.3) is 5.57 Å². The van der Waals surface area contributed by atoms with Crippen molar-refractivity contribution in [1.29, 1.82) is 0 Å². The van der Waals surface area contributed by atoms with Crippen LogP contribution in [0, 0.1) is 0 Å². The molecule has 0 atom stereocenters. The first-order valence-electron chi connectivity index (χ1n) is 10.6. The molecule has 1 saturated heterocycles. The Labute approximate surface area is 176 Å². The molecule has 1 aromatic carbocycles. The first-order chi connectivity index (χ1) is 14.7. The minimum absolute atomic E-state index is 0.0675. The topological polar surface area (TPSA) is 58.6 Å². The Kier molecular flexibility index (Phi) is 5.09. The first kappa shape index (κ1) is 19.0. The fraction of sp³-hybridized carbons (Fsp3) is 0.375. The zero-order valence-corrected chi connectivity index (χ0v) is 17.3. The average molecular weight is 402 g/mol.